The van der Waals surface area contributed by atoms with Gasteiger partial charge in [0.05, 0.1) is 0 Å². The van der Waals surface area contributed by atoms with E-state index >= 15 is 0 Å². The van der Waals surface area contributed by atoms with Gasteiger partial charge < -0.3 is 31.3 Å². The second kappa shape index (κ2) is 13.3. The Balaban J connectivity index is 2.31. The van der Waals surface area contributed by atoms with Crippen molar-refractivity contribution in [2.24, 2.45) is 0 Å². The van der Waals surface area contributed by atoms with Gasteiger partial charge in [-0.3, -0.25) is 4.79 Å². The third-order valence-corrected chi connectivity index (χ3v) is 4.35. The zero-order valence-corrected chi connectivity index (χ0v) is 16.2. The highest BCUT2D eigenvalue weighted by Crippen LogP contribution is 2.08. The van der Waals surface area contributed by atoms with E-state index < -0.39 is 42.4 Å². The molecule has 6 N–H and O–H groups in total. The number of carboxylic acids is 3. The number of carbonyl (C=O) groups excluding carboxylic acids is 1. The van der Waals surface area contributed by atoms with Gasteiger partial charge in [-0.25, -0.2) is 14.4 Å². The molecule has 10 heteroatoms. The lowest BCUT2D eigenvalue weighted by atomic mass is 10.1. The van der Waals surface area contributed by atoms with Crippen molar-refractivity contribution in [1.82, 2.24) is 16.0 Å². The molecule has 0 aromatic carbocycles. The van der Waals surface area contributed by atoms with Crippen LogP contribution < -0.4 is 16.0 Å². The van der Waals surface area contributed by atoms with E-state index in [9.17, 15) is 24.3 Å². The average molecular weight is 411 g/mol. The lowest BCUT2D eigenvalue weighted by Gasteiger charge is -2.18. The number of nitrogens with one attached hydrogen (secondary N) is 3. The van der Waals surface area contributed by atoms with Gasteiger partial charge in [0.2, 0.25) is 0 Å². The summed E-state index contributed by atoms with van der Waals surface area (Å²) in [5, 5.41) is 34.5. The van der Waals surface area contributed by atoms with Crippen LogP contribution in [0.25, 0.3) is 0 Å². The Kier molecular flexibility index (Phi) is 11.1. The van der Waals surface area contributed by atoms with Gasteiger partial charge in [0.15, 0.2) is 0 Å². The maximum atomic E-state index is 11.9. The molecule has 2 atom stereocenters. The van der Waals surface area contributed by atoms with Gasteiger partial charge in [-0.15, -0.1) is 0 Å². The topological polar surface area (TPSA) is 165 Å². The van der Waals surface area contributed by atoms with Crippen LogP contribution in [0.1, 0.15) is 44.9 Å². The highest BCUT2D eigenvalue weighted by Gasteiger charge is 2.24. The molecular formula is C19H29N3O7. The van der Waals surface area contributed by atoms with Gasteiger partial charge in [0, 0.05) is 13.0 Å². The summed E-state index contributed by atoms with van der Waals surface area (Å²) in [5.74, 6) is -3.79. The summed E-state index contributed by atoms with van der Waals surface area (Å²) in [6.45, 7) is 1.46. The van der Waals surface area contributed by atoms with Crippen molar-refractivity contribution >= 4 is 23.9 Å². The van der Waals surface area contributed by atoms with Crippen LogP contribution in [0.5, 0.6) is 0 Å². The van der Waals surface area contributed by atoms with Crippen LogP contribution in [0.2, 0.25) is 0 Å². The zero-order chi connectivity index (χ0) is 21.6. The van der Waals surface area contributed by atoms with E-state index in [2.05, 4.69) is 34.2 Å². The van der Waals surface area contributed by atoms with Crippen molar-refractivity contribution in [3.8, 4) is 0 Å². The highest BCUT2D eigenvalue weighted by atomic mass is 16.4. The fourth-order valence-electron chi connectivity index (χ4n) is 2.77. The van der Waals surface area contributed by atoms with E-state index in [0.29, 0.717) is 13.0 Å². The fraction of sp³-hybridized carbons (Fsp3) is 0.579. The van der Waals surface area contributed by atoms with Crippen molar-refractivity contribution in [3.05, 3.63) is 23.8 Å². The molecule has 0 saturated carbocycles. The number of carboxylic acid groups (broad SMARTS) is 3. The van der Waals surface area contributed by atoms with Crippen LogP contribution in [0.4, 0.5) is 4.79 Å². The Morgan fingerprint density at radius 3 is 2.14 bits per heavy atom. The van der Waals surface area contributed by atoms with E-state index in [1.165, 1.54) is 5.57 Å². The average Bonchev–Trinajstić information content (AvgIpc) is 2.67. The summed E-state index contributed by atoms with van der Waals surface area (Å²) >= 11 is 0. The number of rotatable bonds is 14. The van der Waals surface area contributed by atoms with E-state index in [4.69, 9.17) is 10.2 Å². The van der Waals surface area contributed by atoms with E-state index in [1.54, 1.807) is 0 Å². The zero-order valence-electron chi connectivity index (χ0n) is 16.2. The fourth-order valence-corrected chi connectivity index (χ4v) is 2.77. The molecule has 0 bridgehead atoms. The number of allylic oxidation sites excluding steroid dienone is 2. The van der Waals surface area contributed by atoms with Crippen LogP contribution in [0, 0.1) is 0 Å². The first-order chi connectivity index (χ1) is 13.8. The number of hydrogen-bond acceptors (Lipinski definition) is 5. The molecule has 2 amide bonds. The second-order valence-corrected chi connectivity index (χ2v) is 6.76. The molecule has 0 aromatic heterocycles. The van der Waals surface area contributed by atoms with Crippen LogP contribution in [-0.2, 0) is 14.4 Å². The molecule has 0 saturated heterocycles. The molecule has 0 unspecified atom stereocenters. The molecule has 29 heavy (non-hydrogen) atoms. The largest absolute Gasteiger partial charge is 0.481 e. The van der Waals surface area contributed by atoms with Gasteiger partial charge >= 0.3 is 23.9 Å². The van der Waals surface area contributed by atoms with E-state index in [1.807, 2.05) is 0 Å². The lowest BCUT2D eigenvalue weighted by Crippen LogP contribution is -2.51. The lowest BCUT2D eigenvalue weighted by molar-refractivity contribution is -0.140. The molecule has 1 aliphatic carbocycles. The Hall–Kier alpha value is -2.88. The minimum Gasteiger partial charge on any atom is -0.481 e. The molecule has 0 spiro atoms. The number of hydrogen-bond donors (Lipinski definition) is 6. The summed E-state index contributed by atoms with van der Waals surface area (Å²) < 4.78 is 0. The number of unbranched alkanes of at least 4 members (excludes halogenated alkanes) is 1. The summed E-state index contributed by atoms with van der Waals surface area (Å²) in [6, 6.07) is -3.52. The Labute approximate surface area is 169 Å². The van der Waals surface area contributed by atoms with Crippen molar-refractivity contribution in [3.63, 3.8) is 0 Å². The third-order valence-electron chi connectivity index (χ3n) is 4.35. The first-order valence-electron chi connectivity index (χ1n) is 9.60. The summed E-state index contributed by atoms with van der Waals surface area (Å²) in [6.07, 6.45) is 9.24. The van der Waals surface area contributed by atoms with Gasteiger partial charge in [-0.2, -0.15) is 0 Å². The van der Waals surface area contributed by atoms with Crippen molar-refractivity contribution < 1.29 is 34.5 Å². The number of amides is 2. The van der Waals surface area contributed by atoms with E-state index in [0.717, 1.165) is 25.8 Å². The number of aliphatic carboxylic acids is 3. The minimum absolute atomic E-state index is 0.194. The molecular weight excluding hydrogens is 382 g/mol. The van der Waals surface area contributed by atoms with Crippen LogP contribution >= 0.6 is 0 Å². The molecule has 0 radical (unpaired) electrons. The Bertz CT molecular complexity index is 646. The monoisotopic (exact) mass is 411 g/mol. The normalized spacial score (nSPS) is 15.1. The summed E-state index contributed by atoms with van der Waals surface area (Å²) in [5.41, 5.74) is 1.23. The quantitative estimate of drug-likeness (QED) is 0.231. The second-order valence-electron chi connectivity index (χ2n) is 6.76. The first-order valence-corrected chi connectivity index (χ1v) is 9.60. The molecule has 0 aliphatic heterocycles. The molecule has 0 fully saturated rings. The first kappa shape index (κ1) is 24.2. The van der Waals surface area contributed by atoms with E-state index in [-0.39, 0.29) is 12.8 Å². The van der Waals surface area contributed by atoms with Crippen LogP contribution in [0.3, 0.4) is 0 Å². The smallest absolute Gasteiger partial charge is 0.326 e. The number of carbonyl (C=O) groups is 4. The molecule has 1 rings (SSSR count). The van der Waals surface area contributed by atoms with Crippen LogP contribution in [0.15, 0.2) is 23.8 Å². The van der Waals surface area contributed by atoms with Gasteiger partial charge in [-0.05, 0) is 50.6 Å². The van der Waals surface area contributed by atoms with Crippen molar-refractivity contribution in [2.45, 2.75) is 57.0 Å². The van der Waals surface area contributed by atoms with Crippen molar-refractivity contribution in [1.29, 1.82) is 0 Å². The summed E-state index contributed by atoms with van der Waals surface area (Å²) in [4.78, 5) is 44.9. The maximum Gasteiger partial charge on any atom is 0.326 e. The molecule has 1 aliphatic rings. The Morgan fingerprint density at radius 1 is 0.931 bits per heavy atom. The molecule has 10 nitrogen and oxygen atoms in total. The molecule has 162 valence electrons. The summed E-state index contributed by atoms with van der Waals surface area (Å²) in [7, 11) is 0. The maximum absolute atomic E-state index is 11.9. The predicted octanol–water partition coefficient (Wildman–Crippen LogP) is 1.09. The van der Waals surface area contributed by atoms with Crippen molar-refractivity contribution in [2.75, 3.05) is 13.1 Å². The van der Waals surface area contributed by atoms with Gasteiger partial charge in [0.1, 0.15) is 12.1 Å². The van der Waals surface area contributed by atoms with Gasteiger partial charge in [0.25, 0.3) is 0 Å². The SMILES string of the molecule is O=C(O)CC[C@H](NC(=O)N[C@@H](CCCCNCC1=CCCC=C1)C(=O)O)C(=O)O. The molecule has 0 aromatic rings. The van der Waals surface area contributed by atoms with Gasteiger partial charge in [-0.1, -0.05) is 18.2 Å². The third kappa shape index (κ3) is 10.9. The Morgan fingerprint density at radius 2 is 1.59 bits per heavy atom. The predicted molar refractivity (Wildman–Crippen MR) is 105 cm³/mol. The highest BCUT2D eigenvalue weighted by molar-refractivity contribution is 5.86. The minimum atomic E-state index is -1.41. The number of urea groups is 1. The standard InChI is InChI=1S/C19H29N3O7/c23-16(24)10-9-15(18(27)28)22-19(29)21-14(17(25)26)8-4-5-11-20-12-13-6-2-1-3-7-13/h2,6-7,14-15,20H,1,3-5,8-12H2,(H,23,24)(H,25,26)(H,27,28)(H2,21,22,29)/t14-,15-/m0/s1. The molecule has 0 heterocycles. The van der Waals surface area contributed by atoms with Crippen LogP contribution in [-0.4, -0.2) is 64.4 Å².